The van der Waals surface area contributed by atoms with Crippen LogP contribution in [0.25, 0.3) is 0 Å². The summed E-state index contributed by atoms with van der Waals surface area (Å²) in [7, 11) is 0. The molecule has 0 heterocycles. The Balaban J connectivity index is 2.21. The van der Waals surface area contributed by atoms with Crippen molar-refractivity contribution in [2.24, 2.45) is 5.92 Å². The van der Waals surface area contributed by atoms with E-state index >= 15 is 0 Å². The molecule has 0 bridgehead atoms. The summed E-state index contributed by atoms with van der Waals surface area (Å²) in [5.41, 5.74) is 5.88. The Morgan fingerprint density at radius 1 is 1.47 bits per heavy atom. The van der Waals surface area contributed by atoms with E-state index in [4.69, 9.17) is 10.8 Å². The van der Waals surface area contributed by atoms with E-state index in [0.717, 1.165) is 31.4 Å². The van der Waals surface area contributed by atoms with Gasteiger partial charge in [-0.05, 0) is 25.0 Å². The van der Waals surface area contributed by atoms with E-state index in [1.807, 2.05) is 0 Å². The zero-order valence-electron chi connectivity index (χ0n) is 10.4. The second kappa shape index (κ2) is 5.44. The maximum Gasteiger partial charge on any atom is 0.338 e. The molecule has 1 aliphatic carbocycles. The highest BCUT2D eigenvalue weighted by Gasteiger charge is 2.27. The first-order valence-electron chi connectivity index (χ1n) is 6.22. The standard InChI is InChI=1S/C13H17FN2O3/c14-9-5-12(10(15)4-8(9)13(18)19)16-11-3-1-2-7(11)6-17/h4-5,7,11,16-17H,1-3,6,15H2,(H,18,19). The van der Waals surface area contributed by atoms with Crippen LogP contribution in [0.15, 0.2) is 12.1 Å². The average molecular weight is 268 g/mol. The maximum absolute atomic E-state index is 13.6. The van der Waals surface area contributed by atoms with Gasteiger partial charge in [0.2, 0.25) is 0 Å². The summed E-state index contributed by atoms with van der Waals surface area (Å²) in [5.74, 6) is -2.03. The summed E-state index contributed by atoms with van der Waals surface area (Å²) in [4.78, 5) is 10.8. The fourth-order valence-electron chi connectivity index (χ4n) is 2.52. The van der Waals surface area contributed by atoms with Gasteiger partial charge in [-0.2, -0.15) is 0 Å². The number of hydrogen-bond donors (Lipinski definition) is 4. The SMILES string of the molecule is Nc1cc(C(=O)O)c(F)cc1NC1CCCC1CO. The fraction of sp³-hybridized carbons (Fsp3) is 0.462. The van der Waals surface area contributed by atoms with E-state index in [2.05, 4.69) is 5.32 Å². The lowest BCUT2D eigenvalue weighted by molar-refractivity contribution is 0.0692. The molecule has 0 radical (unpaired) electrons. The number of anilines is 2. The molecule has 0 aliphatic heterocycles. The van der Waals surface area contributed by atoms with E-state index in [0.29, 0.717) is 5.69 Å². The largest absolute Gasteiger partial charge is 0.478 e. The number of rotatable bonds is 4. The molecule has 6 heteroatoms. The first-order valence-corrected chi connectivity index (χ1v) is 6.22. The number of nitrogens with two attached hydrogens (primary N) is 1. The molecule has 1 saturated carbocycles. The smallest absolute Gasteiger partial charge is 0.338 e. The molecule has 1 aromatic rings. The number of carboxylic acid groups (broad SMARTS) is 1. The molecule has 1 aromatic carbocycles. The number of hydrogen-bond acceptors (Lipinski definition) is 4. The number of nitrogens with one attached hydrogen (secondary N) is 1. The van der Waals surface area contributed by atoms with Crippen molar-refractivity contribution in [1.82, 2.24) is 0 Å². The van der Waals surface area contributed by atoms with Crippen LogP contribution in [-0.4, -0.2) is 28.8 Å². The van der Waals surface area contributed by atoms with Crippen LogP contribution < -0.4 is 11.1 Å². The normalized spacial score (nSPS) is 22.4. The highest BCUT2D eigenvalue weighted by Crippen LogP contribution is 2.31. The van der Waals surface area contributed by atoms with Crippen molar-refractivity contribution in [2.75, 3.05) is 17.7 Å². The van der Waals surface area contributed by atoms with Gasteiger partial charge in [0.25, 0.3) is 0 Å². The minimum absolute atomic E-state index is 0.0439. The van der Waals surface area contributed by atoms with Crippen LogP contribution in [0.3, 0.4) is 0 Å². The van der Waals surface area contributed by atoms with E-state index < -0.39 is 17.3 Å². The topological polar surface area (TPSA) is 95.6 Å². The molecule has 5 N–H and O–H groups in total. The van der Waals surface area contributed by atoms with Gasteiger partial charge in [0.05, 0.1) is 16.9 Å². The predicted molar refractivity (Wildman–Crippen MR) is 69.6 cm³/mol. The van der Waals surface area contributed by atoms with E-state index in [9.17, 15) is 14.3 Å². The van der Waals surface area contributed by atoms with Crippen molar-refractivity contribution in [3.05, 3.63) is 23.5 Å². The van der Waals surface area contributed by atoms with Gasteiger partial charge in [-0.1, -0.05) is 6.42 Å². The highest BCUT2D eigenvalue weighted by molar-refractivity contribution is 5.90. The van der Waals surface area contributed by atoms with E-state index in [-0.39, 0.29) is 24.3 Å². The lowest BCUT2D eigenvalue weighted by Crippen LogP contribution is -2.27. The molecule has 0 saturated heterocycles. The van der Waals surface area contributed by atoms with Crippen LogP contribution in [0.5, 0.6) is 0 Å². The molecule has 5 nitrogen and oxygen atoms in total. The van der Waals surface area contributed by atoms with Crippen LogP contribution >= 0.6 is 0 Å². The summed E-state index contributed by atoms with van der Waals surface area (Å²) in [6.45, 7) is 0.0766. The summed E-state index contributed by atoms with van der Waals surface area (Å²) in [5, 5.41) is 21.1. The average Bonchev–Trinajstić information content (AvgIpc) is 2.80. The summed E-state index contributed by atoms with van der Waals surface area (Å²) in [6.07, 6.45) is 2.80. The molecule has 104 valence electrons. The van der Waals surface area contributed by atoms with Crippen molar-refractivity contribution in [3.8, 4) is 0 Å². The third-order valence-electron chi connectivity index (χ3n) is 3.60. The highest BCUT2D eigenvalue weighted by atomic mass is 19.1. The molecule has 0 amide bonds. The minimum Gasteiger partial charge on any atom is -0.478 e. The molecular formula is C13H17FN2O3. The summed E-state index contributed by atoms with van der Waals surface area (Å²) in [6, 6.07) is 2.26. The fourth-order valence-corrected chi connectivity index (χ4v) is 2.52. The molecular weight excluding hydrogens is 251 g/mol. The lowest BCUT2D eigenvalue weighted by Gasteiger charge is -2.21. The van der Waals surface area contributed by atoms with Crippen LogP contribution in [0.2, 0.25) is 0 Å². The maximum atomic E-state index is 13.6. The van der Waals surface area contributed by atoms with Gasteiger partial charge in [-0.3, -0.25) is 0 Å². The van der Waals surface area contributed by atoms with Crippen LogP contribution in [0.4, 0.5) is 15.8 Å². The number of nitrogen functional groups attached to an aromatic ring is 1. The number of aliphatic hydroxyl groups is 1. The second-order valence-corrected chi connectivity index (χ2v) is 4.85. The monoisotopic (exact) mass is 268 g/mol. The summed E-state index contributed by atoms with van der Waals surface area (Å²) < 4.78 is 13.6. The zero-order valence-corrected chi connectivity index (χ0v) is 10.4. The predicted octanol–water partition coefficient (Wildman–Crippen LogP) is 1.68. The summed E-state index contributed by atoms with van der Waals surface area (Å²) >= 11 is 0. The molecule has 1 fully saturated rings. The minimum atomic E-state index is -1.34. The molecule has 2 unspecified atom stereocenters. The Bertz CT molecular complexity index is 493. The van der Waals surface area contributed by atoms with Gasteiger partial charge in [0.1, 0.15) is 5.82 Å². The van der Waals surface area contributed by atoms with Crippen molar-refractivity contribution in [3.63, 3.8) is 0 Å². The van der Waals surface area contributed by atoms with Crippen LogP contribution in [-0.2, 0) is 0 Å². The molecule has 0 spiro atoms. The number of aliphatic hydroxyl groups excluding tert-OH is 1. The molecule has 1 aliphatic rings. The lowest BCUT2D eigenvalue weighted by atomic mass is 10.0. The van der Waals surface area contributed by atoms with E-state index in [1.54, 1.807) is 0 Å². The number of carboxylic acids is 1. The Kier molecular flexibility index (Phi) is 3.90. The van der Waals surface area contributed by atoms with Gasteiger partial charge in [-0.15, -0.1) is 0 Å². The number of halogens is 1. The van der Waals surface area contributed by atoms with Crippen molar-refractivity contribution in [2.45, 2.75) is 25.3 Å². The molecule has 2 rings (SSSR count). The third kappa shape index (κ3) is 2.78. The van der Waals surface area contributed by atoms with Gasteiger partial charge in [0.15, 0.2) is 0 Å². The quantitative estimate of drug-likeness (QED) is 0.623. The van der Waals surface area contributed by atoms with Crippen LogP contribution in [0.1, 0.15) is 29.6 Å². The van der Waals surface area contributed by atoms with Gasteiger partial charge in [-0.25, -0.2) is 9.18 Å². The van der Waals surface area contributed by atoms with E-state index in [1.165, 1.54) is 0 Å². The Morgan fingerprint density at radius 2 is 2.21 bits per heavy atom. The second-order valence-electron chi connectivity index (χ2n) is 4.85. The van der Waals surface area contributed by atoms with Crippen molar-refractivity contribution >= 4 is 17.3 Å². The van der Waals surface area contributed by atoms with Gasteiger partial charge >= 0.3 is 5.97 Å². The molecule has 19 heavy (non-hydrogen) atoms. The molecule has 0 aromatic heterocycles. The number of carbonyl (C=O) groups is 1. The number of aromatic carboxylic acids is 1. The van der Waals surface area contributed by atoms with Gasteiger partial charge in [0, 0.05) is 18.6 Å². The first kappa shape index (κ1) is 13.6. The number of benzene rings is 1. The molecule has 2 atom stereocenters. The Morgan fingerprint density at radius 3 is 2.84 bits per heavy atom. The Labute approximate surface area is 110 Å². The first-order chi connectivity index (χ1) is 9.02. The van der Waals surface area contributed by atoms with Gasteiger partial charge < -0.3 is 21.3 Å². The van der Waals surface area contributed by atoms with Crippen molar-refractivity contribution < 1.29 is 19.4 Å². The van der Waals surface area contributed by atoms with Crippen molar-refractivity contribution in [1.29, 1.82) is 0 Å². The van der Waals surface area contributed by atoms with Crippen LogP contribution in [0, 0.1) is 11.7 Å². The Hall–Kier alpha value is -1.82. The zero-order chi connectivity index (χ0) is 14.0. The third-order valence-corrected chi connectivity index (χ3v) is 3.60.